The minimum Gasteiger partial charge on any atom is -0.497 e. The van der Waals surface area contributed by atoms with Crippen LogP contribution in [-0.2, 0) is 11.2 Å². The van der Waals surface area contributed by atoms with Crippen molar-refractivity contribution in [2.24, 2.45) is 0 Å². The van der Waals surface area contributed by atoms with Gasteiger partial charge in [0.05, 0.1) is 21.3 Å². The summed E-state index contributed by atoms with van der Waals surface area (Å²) in [6.45, 7) is 0.378. The van der Waals surface area contributed by atoms with Crippen LogP contribution in [0.5, 0.6) is 17.2 Å². The molecule has 0 saturated carbocycles. The summed E-state index contributed by atoms with van der Waals surface area (Å²) >= 11 is 0. The molecule has 1 atom stereocenters. The molecule has 0 spiro atoms. The number of urea groups is 1. The molecule has 0 aromatic heterocycles. The van der Waals surface area contributed by atoms with Gasteiger partial charge >= 0.3 is 6.03 Å². The molecule has 0 aliphatic rings. The smallest absolute Gasteiger partial charge is 0.315 e. The first-order chi connectivity index (χ1) is 16.5. The van der Waals surface area contributed by atoms with Crippen LogP contribution in [-0.4, -0.2) is 39.8 Å². The van der Waals surface area contributed by atoms with Crippen LogP contribution in [0.2, 0.25) is 0 Å². The second kappa shape index (κ2) is 12.2. The van der Waals surface area contributed by atoms with Gasteiger partial charge in [-0.25, -0.2) is 4.79 Å². The van der Waals surface area contributed by atoms with Crippen LogP contribution < -0.4 is 30.2 Å². The number of methoxy groups -OCH3 is 3. The van der Waals surface area contributed by atoms with Crippen LogP contribution in [0.1, 0.15) is 17.2 Å². The highest BCUT2D eigenvalue weighted by Crippen LogP contribution is 2.27. The van der Waals surface area contributed by atoms with E-state index in [9.17, 15) is 9.59 Å². The largest absolute Gasteiger partial charge is 0.497 e. The molecule has 0 radical (unpaired) electrons. The van der Waals surface area contributed by atoms with Crippen molar-refractivity contribution < 1.29 is 23.8 Å². The topological polar surface area (TPSA) is 97.9 Å². The molecule has 0 bridgehead atoms. The monoisotopic (exact) mass is 463 g/mol. The lowest BCUT2D eigenvalue weighted by molar-refractivity contribution is -0.118. The Hall–Kier alpha value is -4.20. The Balaban J connectivity index is 1.62. The number of ether oxygens (including phenoxy) is 3. The molecular formula is C26H29N3O5. The van der Waals surface area contributed by atoms with Crippen molar-refractivity contribution in [2.45, 2.75) is 12.5 Å². The fourth-order valence-electron chi connectivity index (χ4n) is 3.37. The number of carbonyl (C=O) groups excluding carboxylic acids is 2. The summed E-state index contributed by atoms with van der Waals surface area (Å²) in [5.41, 5.74) is 2.25. The molecule has 0 fully saturated rings. The lowest BCUT2D eigenvalue weighted by Crippen LogP contribution is -2.43. The zero-order valence-electron chi connectivity index (χ0n) is 19.5. The molecule has 8 nitrogen and oxygen atoms in total. The van der Waals surface area contributed by atoms with Crippen LogP contribution >= 0.6 is 0 Å². The number of hydrogen-bond donors (Lipinski definition) is 3. The minimum absolute atomic E-state index is 0.355. The van der Waals surface area contributed by atoms with Crippen LogP contribution in [0.25, 0.3) is 0 Å². The quantitative estimate of drug-likeness (QED) is 0.423. The molecular weight excluding hydrogens is 434 g/mol. The zero-order chi connectivity index (χ0) is 24.3. The average molecular weight is 464 g/mol. The molecule has 3 amide bonds. The SMILES string of the molecule is COc1ccc(NC(=O)[C@H](NC(=O)NCCc2ccc(OC)c(OC)c2)c2ccccc2)cc1. The first-order valence-electron chi connectivity index (χ1n) is 10.8. The van der Waals surface area contributed by atoms with Gasteiger partial charge in [-0.05, 0) is 53.9 Å². The van der Waals surface area contributed by atoms with Crippen molar-refractivity contribution in [3.05, 3.63) is 83.9 Å². The predicted octanol–water partition coefficient (Wildman–Crippen LogP) is 3.93. The van der Waals surface area contributed by atoms with Crippen LogP contribution in [0.4, 0.5) is 10.5 Å². The minimum atomic E-state index is -0.871. The maximum atomic E-state index is 13.0. The van der Waals surface area contributed by atoms with E-state index in [2.05, 4.69) is 16.0 Å². The van der Waals surface area contributed by atoms with Crippen molar-refractivity contribution in [1.29, 1.82) is 0 Å². The highest BCUT2D eigenvalue weighted by atomic mass is 16.5. The van der Waals surface area contributed by atoms with Gasteiger partial charge in [0.2, 0.25) is 0 Å². The summed E-state index contributed by atoms with van der Waals surface area (Å²) in [4.78, 5) is 25.6. The van der Waals surface area contributed by atoms with Crippen LogP contribution in [0.3, 0.4) is 0 Å². The van der Waals surface area contributed by atoms with E-state index >= 15 is 0 Å². The Bertz CT molecular complexity index is 1090. The van der Waals surface area contributed by atoms with Gasteiger partial charge in [-0.1, -0.05) is 36.4 Å². The molecule has 3 N–H and O–H groups in total. The molecule has 0 heterocycles. The van der Waals surface area contributed by atoms with E-state index in [4.69, 9.17) is 14.2 Å². The molecule has 8 heteroatoms. The summed E-state index contributed by atoms with van der Waals surface area (Å²) in [5.74, 6) is 1.60. The van der Waals surface area contributed by atoms with Crippen molar-refractivity contribution >= 4 is 17.6 Å². The fourth-order valence-corrected chi connectivity index (χ4v) is 3.37. The first-order valence-corrected chi connectivity index (χ1v) is 10.8. The third-order valence-corrected chi connectivity index (χ3v) is 5.18. The molecule has 0 aliphatic carbocycles. The van der Waals surface area contributed by atoms with Gasteiger partial charge < -0.3 is 30.2 Å². The number of anilines is 1. The molecule has 178 valence electrons. The van der Waals surface area contributed by atoms with E-state index in [1.165, 1.54) is 0 Å². The number of amides is 3. The Morgan fingerprint density at radius 1 is 0.824 bits per heavy atom. The van der Waals surface area contributed by atoms with E-state index in [-0.39, 0.29) is 5.91 Å². The van der Waals surface area contributed by atoms with Crippen molar-refractivity contribution in [2.75, 3.05) is 33.2 Å². The Morgan fingerprint density at radius 2 is 1.53 bits per heavy atom. The Labute approximate surface area is 199 Å². The summed E-state index contributed by atoms with van der Waals surface area (Å²) in [5, 5.41) is 8.42. The normalized spacial score (nSPS) is 11.1. The molecule has 0 aliphatic heterocycles. The second-order valence-corrected chi connectivity index (χ2v) is 7.40. The standard InChI is InChI=1S/C26H29N3O5/c1-32-21-12-10-20(11-13-21)28-25(30)24(19-7-5-4-6-8-19)29-26(31)27-16-15-18-9-14-22(33-2)23(17-18)34-3/h4-14,17,24H,15-16H2,1-3H3,(H,28,30)(H2,27,29,31)/t24-/m1/s1. The number of benzene rings is 3. The highest BCUT2D eigenvalue weighted by Gasteiger charge is 2.22. The molecule has 0 saturated heterocycles. The van der Waals surface area contributed by atoms with Crippen molar-refractivity contribution in [3.63, 3.8) is 0 Å². The highest BCUT2D eigenvalue weighted by molar-refractivity contribution is 5.97. The lowest BCUT2D eigenvalue weighted by atomic mass is 10.1. The summed E-state index contributed by atoms with van der Waals surface area (Å²) in [6.07, 6.45) is 0.585. The van der Waals surface area contributed by atoms with Gasteiger partial charge in [0.15, 0.2) is 11.5 Å². The van der Waals surface area contributed by atoms with Gasteiger partial charge in [0, 0.05) is 12.2 Å². The first kappa shape index (κ1) is 24.4. The van der Waals surface area contributed by atoms with Gasteiger partial charge in [-0.3, -0.25) is 4.79 Å². The van der Waals surface area contributed by atoms with E-state index in [0.29, 0.717) is 41.5 Å². The van der Waals surface area contributed by atoms with Crippen molar-refractivity contribution in [1.82, 2.24) is 10.6 Å². The molecule has 34 heavy (non-hydrogen) atoms. The van der Waals surface area contributed by atoms with Gasteiger partial charge in [-0.2, -0.15) is 0 Å². The van der Waals surface area contributed by atoms with Crippen LogP contribution in [0.15, 0.2) is 72.8 Å². The fraction of sp³-hybridized carbons (Fsp3) is 0.231. The lowest BCUT2D eigenvalue weighted by Gasteiger charge is -2.19. The molecule has 3 aromatic rings. The summed E-state index contributed by atoms with van der Waals surface area (Å²) in [6, 6.07) is 20.3. The van der Waals surface area contributed by atoms with E-state index < -0.39 is 12.1 Å². The van der Waals surface area contributed by atoms with Crippen LogP contribution in [0, 0.1) is 0 Å². The zero-order valence-corrected chi connectivity index (χ0v) is 19.5. The third kappa shape index (κ3) is 6.65. The van der Waals surface area contributed by atoms with Gasteiger partial charge in [-0.15, -0.1) is 0 Å². The predicted molar refractivity (Wildman–Crippen MR) is 131 cm³/mol. The maximum absolute atomic E-state index is 13.0. The van der Waals surface area contributed by atoms with E-state index in [1.54, 1.807) is 57.7 Å². The average Bonchev–Trinajstić information content (AvgIpc) is 2.88. The van der Waals surface area contributed by atoms with E-state index in [1.807, 2.05) is 36.4 Å². The second-order valence-electron chi connectivity index (χ2n) is 7.40. The number of nitrogens with one attached hydrogen (secondary N) is 3. The molecule has 3 rings (SSSR count). The summed E-state index contributed by atoms with van der Waals surface area (Å²) < 4.78 is 15.7. The molecule has 0 unspecified atom stereocenters. The van der Waals surface area contributed by atoms with E-state index in [0.717, 1.165) is 5.56 Å². The summed E-state index contributed by atoms with van der Waals surface area (Å²) in [7, 11) is 4.73. The maximum Gasteiger partial charge on any atom is 0.315 e. The van der Waals surface area contributed by atoms with Crippen molar-refractivity contribution in [3.8, 4) is 17.2 Å². The third-order valence-electron chi connectivity index (χ3n) is 5.18. The van der Waals surface area contributed by atoms with Gasteiger partial charge in [0.25, 0.3) is 5.91 Å². The Kier molecular flexibility index (Phi) is 8.73. The van der Waals surface area contributed by atoms with Gasteiger partial charge in [0.1, 0.15) is 11.8 Å². The Morgan fingerprint density at radius 3 is 2.18 bits per heavy atom. The number of hydrogen-bond acceptors (Lipinski definition) is 5. The number of rotatable bonds is 10. The number of carbonyl (C=O) groups is 2. The molecule has 3 aromatic carbocycles.